The third-order valence-electron chi connectivity index (χ3n) is 4.53. The van der Waals surface area contributed by atoms with E-state index < -0.39 is 12.1 Å². The molecule has 5 nitrogen and oxygen atoms in total. The molecule has 6 heteroatoms. The van der Waals surface area contributed by atoms with E-state index in [1.165, 1.54) is 0 Å². The van der Waals surface area contributed by atoms with Crippen molar-refractivity contribution in [2.75, 3.05) is 13.2 Å². The molecule has 2 fully saturated rings. The van der Waals surface area contributed by atoms with Crippen molar-refractivity contribution >= 4 is 11.9 Å². The number of carbonyl (C=O) groups is 2. The van der Waals surface area contributed by atoms with E-state index in [0.29, 0.717) is 32.3 Å². The fourth-order valence-corrected chi connectivity index (χ4v) is 3.25. The molecule has 1 saturated carbocycles. The predicted octanol–water partition coefficient (Wildman–Crippen LogP) is 2.00. The molecule has 1 heterocycles. The highest BCUT2D eigenvalue weighted by Gasteiger charge is 2.35. The predicted molar refractivity (Wildman–Crippen MR) is 74.6 cm³/mol. The van der Waals surface area contributed by atoms with Crippen molar-refractivity contribution in [2.24, 2.45) is 5.92 Å². The van der Waals surface area contributed by atoms with Crippen LogP contribution in [0.5, 0.6) is 0 Å². The van der Waals surface area contributed by atoms with E-state index in [1.54, 1.807) is 11.8 Å². The number of aliphatic carboxylic acids is 1. The van der Waals surface area contributed by atoms with Crippen LogP contribution in [0.15, 0.2) is 0 Å². The highest BCUT2D eigenvalue weighted by Crippen LogP contribution is 2.28. The lowest BCUT2D eigenvalue weighted by molar-refractivity contribution is -0.144. The zero-order valence-corrected chi connectivity index (χ0v) is 12.5. The minimum atomic E-state index is -0.961. The van der Waals surface area contributed by atoms with Crippen LogP contribution in [0.3, 0.4) is 0 Å². The molecule has 0 aromatic rings. The van der Waals surface area contributed by atoms with Gasteiger partial charge < -0.3 is 14.7 Å². The molecule has 0 aromatic carbocycles. The van der Waals surface area contributed by atoms with Crippen LogP contribution in [0, 0.1) is 5.92 Å². The summed E-state index contributed by atoms with van der Waals surface area (Å²) in [6.45, 7) is 2.31. The molecule has 2 aliphatic rings. The third-order valence-corrected chi connectivity index (χ3v) is 4.53. The molecule has 0 aromatic heterocycles. The number of hydrogen-bond donors (Lipinski definition) is 1. The van der Waals surface area contributed by atoms with Crippen LogP contribution < -0.4 is 0 Å². The van der Waals surface area contributed by atoms with Gasteiger partial charge in [0.15, 0.2) is 0 Å². The van der Waals surface area contributed by atoms with Gasteiger partial charge in [-0.2, -0.15) is 0 Å². The summed E-state index contributed by atoms with van der Waals surface area (Å²) in [5, 5.41) is 8.95. The zero-order valence-electron chi connectivity index (χ0n) is 12.5. The number of amides is 1. The van der Waals surface area contributed by atoms with E-state index in [2.05, 4.69) is 0 Å². The van der Waals surface area contributed by atoms with Gasteiger partial charge in [-0.25, -0.2) is 4.39 Å². The van der Waals surface area contributed by atoms with Crippen LogP contribution in [0.1, 0.15) is 45.4 Å². The Hall–Kier alpha value is -1.17. The Morgan fingerprint density at radius 2 is 1.95 bits per heavy atom. The van der Waals surface area contributed by atoms with Crippen molar-refractivity contribution in [1.29, 1.82) is 0 Å². The lowest BCUT2D eigenvalue weighted by Crippen LogP contribution is -2.39. The van der Waals surface area contributed by atoms with Crippen LogP contribution in [0.4, 0.5) is 4.39 Å². The zero-order chi connectivity index (χ0) is 15.4. The largest absolute Gasteiger partial charge is 0.481 e. The first-order valence-corrected chi connectivity index (χ1v) is 7.79. The summed E-state index contributed by atoms with van der Waals surface area (Å²) in [6, 6.07) is -0.176. The molecule has 1 saturated heterocycles. The summed E-state index contributed by atoms with van der Waals surface area (Å²) in [6.07, 6.45) is 2.52. The van der Waals surface area contributed by atoms with Crippen LogP contribution in [-0.4, -0.2) is 53.4 Å². The van der Waals surface area contributed by atoms with E-state index in [-0.39, 0.29) is 30.5 Å². The Bertz CT molecular complexity index is 382. The Labute approximate surface area is 124 Å². The average Bonchev–Trinajstić information content (AvgIpc) is 2.85. The number of nitrogens with zero attached hydrogens (tertiary/aromatic N) is 1. The molecule has 0 unspecified atom stereocenters. The van der Waals surface area contributed by atoms with E-state index in [9.17, 15) is 14.0 Å². The summed E-state index contributed by atoms with van der Waals surface area (Å²) in [5.41, 5.74) is 0. The van der Waals surface area contributed by atoms with Gasteiger partial charge in [0.1, 0.15) is 6.17 Å². The quantitative estimate of drug-likeness (QED) is 0.843. The van der Waals surface area contributed by atoms with Crippen molar-refractivity contribution in [3.63, 3.8) is 0 Å². The summed E-state index contributed by atoms with van der Waals surface area (Å²) in [5.74, 6) is -1.02. The van der Waals surface area contributed by atoms with Gasteiger partial charge in [0.05, 0.1) is 31.2 Å². The number of rotatable bonds is 5. The Balaban J connectivity index is 1.77. The molecule has 1 N–H and O–H groups in total. The number of halogens is 1. The van der Waals surface area contributed by atoms with Crippen LogP contribution in [-0.2, 0) is 14.3 Å². The first-order valence-electron chi connectivity index (χ1n) is 7.79. The molecule has 2 atom stereocenters. The minimum Gasteiger partial charge on any atom is -0.481 e. The summed E-state index contributed by atoms with van der Waals surface area (Å²) in [4.78, 5) is 24.3. The summed E-state index contributed by atoms with van der Waals surface area (Å²) < 4.78 is 19.3. The Kier molecular flexibility index (Phi) is 5.56. The highest BCUT2D eigenvalue weighted by molar-refractivity contribution is 5.76. The van der Waals surface area contributed by atoms with Gasteiger partial charge in [-0.05, 0) is 25.7 Å². The van der Waals surface area contributed by atoms with Gasteiger partial charge in [-0.1, -0.05) is 6.92 Å². The van der Waals surface area contributed by atoms with E-state index in [0.717, 1.165) is 12.8 Å². The second kappa shape index (κ2) is 7.20. The monoisotopic (exact) mass is 301 g/mol. The Morgan fingerprint density at radius 3 is 2.52 bits per heavy atom. The molecule has 21 heavy (non-hydrogen) atoms. The maximum atomic E-state index is 13.5. The SMILES string of the molecule is CCC(=O)N1C[C@@H](F)C[C@H]1COC1CCC(C(=O)O)CC1. The maximum Gasteiger partial charge on any atom is 0.306 e. The molecule has 1 aliphatic heterocycles. The fraction of sp³-hybridized carbons (Fsp3) is 0.867. The van der Waals surface area contributed by atoms with Gasteiger partial charge in [0.2, 0.25) is 5.91 Å². The van der Waals surface area contributed by atoms with Crippen LogP contribution in [0.25, 0.3) is 0 Å². The number of ether oxygens (including phenoxy) is 1. The van der Waals surface area contributed by atoms with Gasteiger partial charge in [0, 0.05) is 12.8 Å². The summed E-state index contributed by atoms with van der Waals surface area (Å²) >= 11 is 0. The second-order valence-corrected chi connectivity index (χ2v) is 6.03. The van der Waals surface area contributed by atoms with Gasteiger partial charge in [-0.3, -0.25) is 9.59 Å². The average molecular weight is 301 g/mol. The van der Waals surface area contributed by atoms with Crippen molar-refractivity contribution < 1.29 is 23.8 Å². The molecular weight excluding hydrogens is 277 g/mol. The first kappa shape index (κ1) is 16.2. The molecule has 1 aliphatic carbocycles. The van der Waals surface area contributed by atoms with Crippen molar-refractivity contribution in [3.05, 3.63) is 0 Å². The smallest absolute Gasteiger partial charge is 0.306 e. The van der Waals surface area contributed by atoms with Crippen LogP contribution >= 0.6 is 0 Å². The molecule has 1 amide bonds. The third kappa shape index (κ3) is 4.15. The standard InChI is InChI=1S/C15H24FNO4/c1-2-14(18)17-8-11(16)7-12(17)9-21-13-5-3-10(4-6-13)15(19)20/h10-13H,2-9H2,1H3,(H,19,20)/t10?,11-,12-,13?/m0/s1. The van der Waals surface area contributed by atoms with Gasteiger partial charge in [0.25, 0.3) is 0 Å². The highest BCUT2D eigenvalue weighted by atomic mass is 19.1. The van der Waals surface area contributed by atoms with Crippen LogP contribution in [0.2, 0.25) is 0 Å². The number of hydrogen-bond acceptors (Lipinski definition) is 3. The molecule has 120 valence electrons. The molecular formula is C15H24FNO4. The summed E-state index contributed by atoms with van der Waals surface area (Å²) in [7, 11) is 0. The van der Waals surface area contributed by atoms with Crippen molar-refractivity contribution in [1.82, 2.24) is 4.90 Å². The fourth-order valence-electron chi connectivity index (χ4n) is 3.25. The number of alkyl halides is 1. The molecule has 0 spiro atoms. The van der Waals surface area contributed by atoms with Crippen molar-refractivity contribution in [3.8, 4) is 0 Å². The number of likely N-dealkylation sites (tertiary alicyclic amines) is 1. The molecule has 0 bridgehead atoms. The Morgan fingerprint density at radius 1 is 1.29 bits per heavy atom. The number of carboxylic acids is 1. The van der Waals surface area contributed by atoms with E-state index >= 15 is 0 Å². The second-order valence-electron chi connectivity index (χ2n) is 6.03. The lowest BCUT2D eigenvalue weighted by atomic mass is 9.87. The van der Waals surface area contributed by atoms with Gasteiger partial charge in [-0.15, -0.1) is 0 Å². The lowest BCUT2D eigenvalue weighted by Gasteiger charge is -2.29. The minimum absolute atomic E-state index is 0.0293. The maximum absolute atomic E-state index is 13.5. The molecule has 2 rings (SSSR count). The normalized spacial score (nSPS) is 33.1. The van der Waals surface area contributed by atoms with E-state index in [4.69, 9.17) is 9.84 Å². The topological polar surface area (TPSA) is 66.8 Å². The number of carbonyl (C=O) groups excluding carboxylic acids is 1. The first-order chi connectivity index (χ1) is 10.0. The van der Waals surface area contributed by atoms with Gasteiger partial charge >= 0.3 is 5.97 Å². The van der Waals surface area contributed by atoms with Crippen molar-refractivity contribution in [2.45, 2.75) is 63.8 Å². The number of carboxylic acid groups (broad SMARTS) is 1. The van der Waals surface area contributed by atoms with E-state index in [1.807, 2.05) is 0 Å². The molecule has 0 radical (unpaired) electrons.